The van der Waals surface area contributed by atoms with E-state index >= 15 is 0 Å². The number of rotatable bonds is 4. The van der Waals surface area contributed by atoms with Crippen LogP contribution < -0.4 is 5.32 Å². The zero-order chi connectivity index (χ0) is 11.8. The molecule has 1 N–H and O–H groups in total. The van der Waals surface area contributed by atoms with Gasteiger partial charge in [-0.1, -0.05) is 31.2 Å². The Morgan fingerprint density at radius 1 is 1.18 bits per heavy atom. The number of aryl methyl sites for hydroxylation is 1. The van der Waals surface area contributed by atoms with E-state index in [2.05, 4.69) is 43.4 Å². The summed E-state index contributed by atoms with van der Waals surface area (Å²) in [6, 6.07) is 9.64. The maximum absolute atomic E-state index is 3.73. The van der Waals surface area contributed by atoms with Gasteiger partial charge in [-0.15, -0.1) is 0 Å². The molecule has 2 aliphatic rings. The van der Waals surface area contributed by atoms with E-state index in [1.807, 2.05) is 0 Å². The van der Waals surface area contributed by atoms with Gasteiger partial charge in [0.2, 0.25) is 0 Å². The molecule has 2 atom stereocenters. The van der Waals surface area contributed by atoms with Crippen molar-refractivity contribution in [2.75, 3.05) is 6.54 Å². The van der Waals surface area contributed by atoms with Crippen LogP contribution in [0.2, 0.25) is 0 Å². The van der Waals surface area contributed by atoms with E-state index in [-0.39, 0.29) is 0 Å². The smallest absolute Gasteiger partial charge is 0.00788 e. The molecule has 1 nitrogen and oxygen atoms in total. The topological polar surface area (TPSA) is 12.0 Å². The molecule has 3 rings (SSSR count). The van der Waals surface area contributed by atoms with E-state index in [0.717, 1.165) is 23.8 Å². The highest BCUT2D eigenvalue weighted by Gasteiger charge is 2.35. The largest absolute Gasteiger partial charge is 0.314 e. The molecule has 0 aromatic heterocycles. The van der Waals surface area contributed by atoms with Crippen molar-refractivity contribution in [1.29, 1.82) is 0 Å². The summed E-state index contributed by atoms with van der Waals surface area (Å²) in [7, 11) is 0. The molecule has 0 radical (unpaired) electrons. The highest BCUT2D eigenvalue weighted by molar-refractivity contribution is 5.31. The molecule has 1 heteroatoms. The average molecular weight is 229 g/mol. The summed E-state index contributed by atoms with van der Waals surface area (Å²) in [6.07, 6.45) is 4.12. The quantitative estimate of drug-likeness (QED) is 0.833. The summed E-state index contributed by atoms with van der Waals surface area (Å²) in [5, 5.41) is 3.73. The van der Waals surface area contributed by atoms with Gasteiger partial charge < -0.3 is 5.32 Å². The Morgan fingerprint density at radius 2 is 1.88 bits per heavy atom. The molecule has 2 unspecified atom stereocenters. The fourth-order valence-electron chi connectivity index (χ4n) is 3.08. The minimum Gasteiger partial charge on any atom is -0.314 e. The number of nitrogens with one attached hydrogen (secondary N) is 1. The van der Waals surface area contributed by atoms with Gasteiger partial charge in [-0.25, -0.2) is 0 Å². The molecular formula is C16H23N. The Morgan fingerprint density at radius 3 is 2.53 bits per heavy atom. The monoisotopic (exact) mass is 229 g/mol. The van der Waals surface area contributed by atoms with E-state index in [1.165, 1.54) is 31.4 Å². The summed E-state index contributed by atoms with van der Waals surface area (Å²) in [5.74, 6) is 2.77. The molecular weight excluding hydrogens is 206 g/mol. The van der Waals surface area contributed by atoms with Crippen molar-refractivity contribution >= 4 is 0 Å². The predicted octanol–water partition coefficient (Wildman–Crippen LogP) is 3.49. The Kier molecular flexibility index (Phi) is 2.96. The first-order chi connectivity index (χ1) is 8.24. The molecule has 0 aliphatic heterocycles. The third-order valence-electron chi connectivity index (χ3n) is 4.71. The lowest BCUT2D eigenvalue weighted by molar-refractivity contribution is 0.286. The molecule has 17 heavy (non-hydrogen) atoms. The van der Waals surface area contributed by atoms with Crippen molar-refractivity contribution in [2.45, 2.75) is 45.1 Å². The van der Waals surface area contributed by atoms with Crippen molar-refractivity contribution in [3.05, 3.63) is 35.4 Å². The first-order valence-corrected chi connectivity index (χ1v) is 7.03. The Bertz CT molecular complexity index is 392. The zero-order valence-electron chi connectivity index (χ0n) is 10.9. The van der Waals surface area contributed by atoms with Gasteiger partial charge in [-0.3, -0.25) is 0 Å². The van der Waals surface area contributed by atoms with Gasteiger partial charge in [0, 0.05) is 6.04 Å². The predicted molar refractivity (Wildman–Crippen MR) is 72.2 cm³/mol. The summed E-state index contributed by atoms with van der Waals surface area (Å²) >= 11 is 0. The highest BCUT2D eigenvalue weighted by atomic mass is 14.9. The van der Waals surface area contributed by atoms with Crippen LogP contribution in [0.1, 0.15) is 43.2 Å². The molecule has 0 spiro atoms. The van der Waals surface area contributed by atoms with Crippen molar-refractivity contribution < 1.29 is 0 Å². The van der Waals surface area contributed by atoms with Crippen LogP contribution in [0, 0.1) is 18.8 Å². The first-order valence-electron chi connectivity index (χ1n) is 7.03. The van der Waals surface area contributed by atoms with Crippen LogP contribution >= 0.6 is 0 Å². The van der Waals surface area contributed by atoms with Gasteiger partial charge in [-0.05, 0) is 61.6 Å². The number of benzene rings is 1. The van der Waals surface area contributed by atoms with Crippen molar-refractivity contribution in [1.82, 2.24) is 5.32 Å². The molecule has 0 amide bonds. The van der Waals surface area contributed by atoms with Crippen LogP contribution in [0.4, 0.5) is 0 Å². The SMILES string of the molecule is Cc1ccccc1C1CC(NCC2CC2C)C1. The summed E-state index contributed by atoms with van der Waals surface area (Å²) < 4.78 is 0. The lowest BCUT2D eigenvalue weighted by Gasteiger charge is -2.37. The fourth-order valence-corrected chi connectivity index (χ4v) is 3.08. The molecule has 0 saturated heterocycles. The maximum Gasteiger partial charge on any atom is 0.00788 e. The van der Waals surface area contributed by atoms with E-state index in [0.29, 0.717) is 0 Å². The Hall–Kier alpha value is -0.820. The third kappa shape index (κ3) is 2.40. The molecule has 1 aromatic rings. The molecule has 92 valence electrons. The minimum absolute atomic E-state index is 0.785. The van der Waals surface area contributed by atoms with Gasteiger partial charge in [0.15, 0.2) is 0 Å². The standard InChI is InChI=1S/C16H23N/c1-11-5-3-4-6-16(11)13-8-15(9-13)17-10-14-7-12(14)2/h3-6,12-15,17H,7-10H2,1-2H3. The Balaban J connectivity index is 1.46. The highest BCUT2D eigenvalue weighted by Crippen LogP contribution is 2.40. The minimum atomic E-state index is 0.785. The van der Waals surface area contributed by atoms with Gasteiger partial charge in [0.25, 0.3) is 0 Å². The Labute approximate surface area is 105 Å². The van der Waals surface area contributed by atoms with Gasteiger partial charge in [0.05, 0.1) is 0 Å². The second kappa shape index (κ2) is 4.45. The second-order valence-corrected chi connectivity index (χ2v) is 6.10. The van der Waals surface area contributed by atoms with E-state index in [4.69, 9.17) is 0 Å². The normalized spacial score (nSPS) is 35.4. The van der Waals surface area contributed by atoms with Crippen LogP contribution in [0.25, 0.3) is 0 Å². The molecule has 1 aromatic carbocycles. The van der Waals surface area contributed by atoms with E-state index in [1.54, 1.807) is 5.56 Å². The number of hydrogen-bond acceptors (Lipinski definition) is 1. The van der Waals surface area contributed by atoms with Gasteiger partial charge in [-0.2, -0.15) is 0 Å². The van der Waals surface area contributed by atoms with Gasteiger partial charge >= 0.3 is 0 Å². The first kappa shape index (κ1) is 11.3. The van der Waals surface area contributed by atoms with E-state index < -0.39 is 0 Å². The average Bonchev–Trinajstić information content (AvgIpc) is 2.95. The van der Waals surface area contributed by atoms with Crippen molar-refractivity contribution in [2.24, 2.45) is 11.8 Å². The summed E-state index contributed by atoms with van der Waals surface area (Å²) in [4.78, 5) is 0. The maximum atomic E-state index is 3.73. The molecule has 2 fully saturated rings. The van der Waals surface area contributed by atoms with Crippen LogP contribution in [-0.2, 0) is 0 Å². The molecule has 2 aliphatic carbocycles. The zero-order valence-corrected chi connectivity index (χ0v) is 10.9. The second-order valence-electron chi connectivity index (χ2n) is 6.10. The fraction of sp³-hybridized carbons (Fsp3) is 0.625. The van der Waals surface area contributed by atoms with Crippen molar-refractivity contribution in [3.63, 3.8) is 0 Å². The summed E-state index contributed by atoms with van der Waals surface area (Å²) in [6.45, 7) is 5.86. The van der Waals surface area contributed by atoms with Crippen LogP contribution in [0.5, 0.6) is 0 Å². The van der Waals surface area contributed by atoms with E-state index in [9.17, 15) is 0 Å². The van der Waals surface area contributed by atoms with Gasteiger partial charge in [0.1, 0.15) is 0 Å². The van der Waals surface area contributed by atoms with Crippen molar-refractivity contribution in [3.8, 4) is 0 Å². The molecule has 0 bridgehead atoms. The van der Waals surface area contributed by atoms with Crippen LogP contribution in [0.3, 0.4) is 0 Å². The third-order valence-corrected chi connectivity index (χ3v) is 4.71. The molecule has 2 saturated carbocycles. The van der Waals surface area contributed by atoms with Crippen LogP contribution in [-0.4, -0.2) is 12.6 Å². The lowest BCUT2D eigenvalue weighted by Crippen LogP contribution is -2.41. The lowest BCUT2D eigenvalue weighted by atomic mass is 9.74. The summed E-state index contributed by atoms with van der Waals surface area (Å²) in [5.41, 5.74) is 3.04. The number of hydrogen-bond donors (Lipinski definition) is 1. The van der Waals surface area contributed by atoms with Crippen LogP contribution in [0.15, 0.2) is 24.3 Å². The molecule has 0 heterocycles.